The molecule has 0 unspecified atom stereocenters. The predicted molar refractivity (Wildman–Crippen MR) is 118 cm³/mol. The highest BCUT2D eigenvalue weighted by molar-refractivity contribution is 5.94. The van der Waals surface area contributed by atoms with Gasteiger partial charge in [-0.1, -0.05) is 30.3 Å². The van der Waals surface area contributed by atoms with E-state index in [1.807, 2.05) is 76.5 Å². The van der Waals surface area contributed by atoms with Crippen molar-refractivity contribution in [3.8, 4) is 5.69 Å². The van der Waals surface area contributed by atoms with Gasteiger partial charge in [0.2, 0.25) is 5.91 Å². The van der Waals surface area contributed by atoms with Crippen LogP contribution in [0.1, 0.15) is 35.2 Å². The third-order valence-electron chi connectivity index (χ3n) is 5.69. The monoisotopic (exact) mass is 401 g/mol. The third-order valence-corrected chi connectivity index (χ3v) is 5.69. The Morgan fingerprint density at radius 2 is 1.53 bits per heavy atom. The molecule has 1 saturated heterocycles. The zero-order chi connectivity index (χ0) is 20.8. The van der Waals surface area contributed by atoms with Gasteiger partial charge in [0.15, 0.2) is 0 Å². The number of hydrogen-bond acceptors (Lipinski definition) is 2. The van der Waals surface area contributed by atoms with Crippen molar-refractivity contribution in [1.82, 2.24) is 14.8 Å². The minimum absolute atomic E-state index is 0.0529. The summed E-state index contributed by atoms with van der Waals surface area (Å²) in [6, 6.07) is 21.8. The van der Waals surface area contributed by atoms with Crippen molar-refractivity contribution in [2.75, 3.05) is 13.1 Å². The molecule has 2 amide bonds. The van der Waals surface area contributed by atoms with Crippen molar-refractivity contribution in [1.29, 1.82) is 0 Å². The zero-order valence-corrected chi connectivity index (χ0v) is 17.0. The highest BCUT2D eigenvalue weighted by Crippen LogP contribution is 2.15. The molecule has 0 aliphatic carbocycles. The van der Waals surface area contributed by atoms with E-state index in [4.69, 9.17) is 0 Å². The fourth-order valence-corrected chi connectivity index (χ4v) is 3.89. The lowest BCUT2D eigenvalue weighted by Crippen LogP contribution is -2.46. The average molecular weight is 402 g/mol. The summed E-state index contributed by atoms with van der Waals surface area (Å²) in [7, 11) is 0. The summed E-state index contributed by atoms with van der Waals surface area (Å²) in [5, 5.41) is 3.12. The molecule has 5 heteroatoms. The van der Waals surface area contributed by atoms with Gasteiger partial charge in [-0.2, -0.15) is 0 Å². The molecule has 0 bridgehead atoms. The number of aromatic nitrogens is 1. The van der Waals surface area contributed by atoms with E-state index < -0.39 is 0 Å². The first-order valence-electron chi connectivity index (χ1n) is 10.5. The normalized spacial score (nSPS) is 14.5. The van der Waals surface area contributed by atoms with E-state index in [0.29, 0.717) is 25.1 Å². The molecule has 1 N–H and O–H groups in total. The van der Waals surface area contributed by atoms with Crippen LogP contribution in [-0.2, 0) is 11.2 Å². The maximum atomic E-state index is 12.6. The first-order valence-corrected chi connectivity index (χ1v) is 10.5. The molecule has 1 aliphatic rings. The quantitative estimate of drug-likeness (QED) is 0.683. The second-order valence-electron chi connectivity index (χ2n) is 7.75. The molecule has 2 heterocycles. The number of aryl methyl sites for hydroxylation is 1. The molecule has 0 spiro atoms. The SMILES string of the molecule is O=C(NC1CCN(C(=O)CCc2ccccc2)CC1)c1ccc(-n2cccc2)cc1. The van der Waals surface area contributed by atoms with Crippen LogP contribution in [0.3, 0.4) is 0 Å². The number of nitrogens with one attached hydrogen (secondary N) is 1. The number of benzene rings is 2. The Bertz CT molecular complexity index is 957. The van der Waals surface area contributed by atoms with E-state index in [1.54, 1.807) is 0 Å². The van der Waals surface area contributed by atoms with Gasteiger partial charge in [0.05, 0.1) is 0 Å². The van der Waals surface area contributed by atoms with Crippen LogP contribution >= 0.6 is 0 Å². The Labute approximate surface area is 177 Å². The van der Waals surface area contributed by atoms with Gasteiger partial charge in [0, 0.05) is 49.2 Å². The Balaban J connectivity index is 1.23. The van der Waals surface area contributed by atoms with Crippen LogP contribution in [0, 0.1) is 0 Å². The van der Waals surface area contributed by atoms with Crippen LogP contribution in [0.25, 0.3) is 5.69 Å². The van der Waals surface area contributed by atoms with Crippen LogP contribution in [0.4, 0.5) is 0 Å². The molecule has 154 valence electrons. The first-order chi connectivity index (χ1) is 14.7. The minimum Gasteiger partial charge on any atom is -0.349 e. The van der Waals surface area contributed by atoms with Crippen molar-refractivity contribution in [3.63, 3.8) is 0 Å². The van der Waals surface area contributed by atoms with E-state index in [1.165, 1.54) is 5.56 Å². The molecule has 2 aromatic carbocycles. The number of piperidine rings is 1. The van der Waals surface area contributed by atoms with Crippen LogP contribution in [-0.4, -0.2) is 40.4 Å². The molecule has 5 nitrogen and oxygen atoms in total. The van der Waals surface area contributed by atoms with E-state index in [2.05, 4.69) is 17.4 Å². The molecular formula is C25H27N3O2. The van der Waals surface area contributed by atoms with Gasteiger partial charge in [-0.15, -0.1) is 0 Å². The molecule has 1 fully saturated rings. The van der Waals surface area contributed by atoms with Crippen LogP contribution in [0.15, 0.2) is 79.1 Å². The van der Waals surface area contributed by atoms with Gasteiger partial charge in [0.1, 0.15) is 0 Å². The lowest BCUT2D eigenvalue weighted by molar-refractivity contribution is -0.132. The molecule has 30 heavy (non-hydrogen) atoms. The Kier molecular flexibility index (Phi) is 6.28. The van der Waals surface area contributed by atoms with Crippen molar-refractivity contribution >= 4 is 11.8 Å². The molecule has 4 rings (SSSR count). The largest absolute Gasteiger partial charge is 0.349 e. The van der Waals surface area contributed by atoms with Crippen molar-refractivity contribution in [2.45, 2.75) is 31.7 Å². The second kappa shape index (κ2) is 9.44. The molecule has 1 aromatic heterocycles. The van der Waals surface area contributed by atoms with E-state index in [0.717, 1.165) is 24.9 Å². The highest BCUT2D eigenvalue weighted by Gasteiger charge is 2.24. The molecule has 0 radical (unpaired) electrons. The molecule has 1 aliphatic heterocycles. The first kappa shape index (κ1) is 20.0. The van der Waals surface area contributed by atoms with E-state index in [-0.39, 0.29) is 17.9 Å². The van der Waals surface area contributed by atoms with Gasteiger partial charge >= 0.3 is 0 Å². The van der Waals surface area contributed by atoms with E-state index in [9.17, 15) is 9.59 Å². The lowest BCUT2D eigenvalue weighted by Gasteiger charge is -2.32. The van der Waals surface area contributed by atoms with Crippen molar-refractivity contribution in [2.24, 2.45) is 0 Å². The van der Waals surface area contributed by atoms with Crippen LogP contribution in [0.2, 0.25) is 0 Å². The summed E-state index contributed by atoms with van der Waals surface area (Å²) < 4.78 is 2.01. The molecule has 0 atom stereocenters. The van der Waals surface area contributed by atoms with Gasteiger partial charge < -0.3 is 14.8 Å². The number of likely N-dealkylation sites (tertiary alicyclic amines) is 1. The Morgan fingerprint density at radius 1 is 0.867 bits per heavy atom. The topological polar surface area (TPSA) is 54.3 Å². The standard InChI is InChI=1S/C25H27N3O2/c29-24(13-8-20-6-2-1-3-7-20)28-18-14-22(15-19-28)26-25(30)21-9-11-23(12-10-21)27-16-4-5-17-27/h1-7,9-12,16-17,22H,8,13-15,18-19H2,(H,26,30). The average Bonchev–Trinajstić information content (AvgIpc) is 3.34. The number of nitrogens with zero attached hydrogens (tertiary/aromatic N) is 2. The van der Waals surface area contributed by atoms with Crippen LogP contribution < -0.4 is 5.32 Å². The summed E-state index contributed by atoms with van der Waals surface area (Å²) in [4.78, 5) is 27.0. The maximum absolute atomic E-state index is 12.6. The van der Waals surface area contributed by atoms with Crippen molar-refractivity contribution in [3.05, 3.63) is 90.3 Å². The third kappa shape index (κ3) is 4.98. The second-order valence-corrected chi connectivity index (χ2v) is 7.75. The van der Waals surface area contributed by atoms with Crippen LogP contribution in [0.5, 0.6) is 0 Å². The van der Waals surface area contributed by atoms with Gasteiger partial charge in [-0.05, 0) is 61.2 Å². The lowest BCUT2D eigenvalue weighted by atomic mass is 10.0. The fourth-order valence-electron chi connectivity index (χ4n) is 3.89. The summed E-state index contributed by atoms with van der Waals surface area (Å²) >= 11 is 0. The van der Waals surface area contributed by atoms with Gasteiger partial charge in [-0.25, -0.2) is 0 Å². The summed E-state index contributed by atoms with van der Waals surface area (Å²) in [6.07, 6.45) is 6.85. The number of hydrogen-bond donors (Lipinski definition) is 1. The summed E-state index contributed by atoms with van der Waals surface area (Å²) in [5.74, 6) is 0.146. The Morgan fingerprint density at radius 3 is 2.20 bits per heavy atom. The predicted octanol–water partition coefficient (Wildman–Crippen LogP) is 3.83. The molecular weight excluding hydrogens is 374 g/mol. The minimum atomic E-state index is -0.0529. The highest BCUT2D eigenvalue weighted by atomic mass is 16.2. The number of rotatable bonds is 6. The summed E-state index contributed by atoms with van der Waals surface area (Å²) in [5.41, 5.74) is 2.88. The number of carbonyl (C=O) groups excluding carboxylic acids is 2. The fraction of sp³-hybridized carbons (Fsp3) is 0.280. The molecule has 3 aromatic rings. The van der Waals surface area contributed by atoms with Gasteiger partial charge in [-0.3, -0.25) is 9.59 Å². The summed E-state index contributed by atoms with van der Waals surface area (Å²) in [6.45, 7) is 1.40. The van der Waals surface area contributed by atoms with Crippen molar-refractivity contribution < 1.29 is 9.59 Å². The number of amides is 2. The maximum Gasteiger partial charge on any atom is 0.251 e. The van der Waals surface area contributed by atoms with E-state index >= 15 is 0 Å². The van der Waals surface area contributed by atoms with Gasteiger partial charge in [0.25, 0.3) is 5.91 Å². The zero-order valence-electron chi connectivity index (χ0n) is 17.0. The number of carbonyl (C=O) groups is 2. The smallest absolute Gasteiger partial charge is 0.251 e. The Hall–Kier alpha value is -3.34. The molecule has 0 saturated carbocycles.